The van der Waals surface area contributed by atoms with E-state index in [4.69, 9.17) is 0 Å². The Morgan fingerprint density at radius 2 is 1.75 bits per heavy atom. The summed E-state index contributed by atoms with van der Waals surface area (Å²) in [5, 5.41) is 0. The van der Waals surface area contributed by atoms with Crippen LogP contribution in [-0.4, -0.2) is 20.8 Å². The molecule has 0 bridgehead atoms. The Kier molecular flexibility index (Phi) is 3.11. The summed E-state index contributed by atoms with van der Waals surface area (Å²) in [7, 11) is 6.80. The molecule has 0 heterocycles. The van der Waals surface area contributed by atoms with Gasteiger partial charge in [-0.05, 0) is 17.5 Å². The molecule has 6 radical (unpaired) electrons. The van der Waals surface area contributed by atoms with Crippen molar-refractivity contribution >= 4 is 26.5 Å². The van der Waals surface area contributed by atoms with Crippen LogP contribution in [0.25, 0.3) is 0 Å². The summed E-state index contributed by atoms with van der Waals surface area (Å²) in [6.45, 7) is 4.36. The Bertz CT molecular complexity index is 231. The van der Waals surface area contributed by atoms with Crippen LogP contribution >= 0.6 is 0 Å². The van der Waals surface area contributed by atoms with E-state index >= 15 is 0 Å². The van der Waals surface area contributed by atoms with Gasteiger partial charge in [-0.25, -0.2) is 0 Å². The molecule has 12 heavy (non-hydrogen) atoms. The lowest BCUT2D eigenvalue weighted by atomic mass is 10.0. The smallest absolute Gasteiger partial charge is 0.178 e. The van der Waals surface area contributed by atoms with Crippen LogP contribution in [0.4, 0.5) is 5.69 Å². The minimum atomic E-state index is 0.538. The van der Waals surface area contributed by atoms with Gasteiger partial charge in [0.2, 0.25) is 0 Å². The average Bonchev–Trinajstić information content (AvgIpc) is 2.04. The molecule has 0 saturated heterocycles. The van der Waals surface area contributed by atoms with Crippen LogP contribution in [0, 0.1) is 0 Å². The molecule has 0 aromatic heterocycles. The standard InChI is InChI=1S/C9H11NSi2/c1-7(2)8-5-3-4-6-9(8)10(11)12/h3-7H,1-2H3. The van der Waals surface area contributed by atoms with E-state index < -0.39 is 0 Å². The molecule has 0 unspecified atom stereocenters. The highest BCUT2D eigenvalue weighted by Gasteiger charge is 2.05. The van der Waals surface area contributed by atoms with Crippen molar-refractivity contribution in [2.45, 2.75) is 19.8 Å². The van der Waals surface area contributed by atoms with Crippen molar-refractivity contribution in [2.75, 3.05) is 4.23 Å². The van der Waals surface area contributed by atoms with Crippen LogP contribution in [-0.2, 0) is 0 Å². The second-order valence-corrected chi connectivity index (χ2v) is 4.39. The third-order valence-corrected chi connectivity index (χ3v) is 2.28. The molecule has 0 aliphatic rings. The molecular formula is C9H11NSi2. The van der Waals surface area contributed by atoms with Crippen molar-refractivity contribution in [1.29, 1.82) is 0 Å². The van der Waals surface area contributed by atoms with Crippen LogP contribution in [0.3, 0.4) is 0 Å². The Balaban J connectivity index is 3.09. The summed E-state index contributed by atoms with van der Waals surface area (Å²) in [6, 6.07) is 8.28. The second-order valence-electron chi connectivity index (χ2n) is 3.05. The fraction of sp³-hybridized carbons (Fsp3) is 0.333. The predicted octanol–water partition coefficient (Wildman–Crippen LogP) is 1.78. The minimum Gasteiger partial charge on any atom is -0.429 e. The summed E-state index contributed by atoms with van der Waals surface area (Å²) in [5.41, 5.74) is 2.48. The van der Waals surface area contributed by atoms with Crippen molar-refractivity contribution in [3.63, 3.8) is 0 Å². The van der Waals surface area contributed by atoms with Crippen LogP contribution in [0.1, 0.15) is 25.3 Å². The second kappa shape index (κ2) is 3.91. The Labute approximate surface area is 80.8 Å². The van der Waals surface area contributed by atoms with Crippen molar-refractivity contribution in [3.8, 4) is 0 Å². The molecule has 60 valence electrons. The van der Waals surface area contributed by atoms with E-state index in [1.54, 1.807) is 4.23 Å². The van der Waals surface area contributed by atoms with E-state index in [1.807, 2.05) is 6.07 Å². The predicted molar refractivity (Wildman–Crippen MR) is 54.5 cm³/mol. The minimum absolute atomic E-state index is 0.538. The Hall–Kier alpha value is -0.546. The number of rotatable bonds is 2. The lowest BCUT2D eigenvalue weighted by molar-refractivity contribution is 0.868. The van der Waals surface area contributed by atoms with Gasteiger partial charge in [-0.1, -0.05) is 32.0 Å². The van der Waals surface area contributed by atoms with Gasteiger partial charge >= 0.3 is 0 Å². The zero-order chi connectivity index (χ0) is 9.14. The van der Waals surface area contributed by atoms with E-state index in [0.29, 0.717) is 5.92 Å². The lowest BCUT2D eigenvalue weighted by Crippen LogP contribution is -2.15. The molecule has 1 aromatic rings. The molecule has 0 aliphatic carbocycles. The molecule has 0 saturated carbocycles. The fourth-order valence-electron chi connectivity index (χ4n) is 1.18. The maximum absolute atomic E-state index is 3.40. The highest BCUT2D eigenvalue weighted by molar-refractivity contribution is 6.41. The van der Waals surface area contributed by atoms with Gasteiger partial charge in [-0.3, -0.25) is 0 Å². The van der Waals surface area contributed by atoms with Crippen LogP contribution < -0.4 is 4.23 Å². The molecule has 0 fully saturated rings. The van der Waals surface area contributed by atoms with Gasteiger partial charge < -0.3 is 4.23 Å². The molecule has 1 nitrogen and oxygen atoms in total. The fourth-order valence-corrected chi connectivity index (χ4v) is 1.59. The number of nitrogens with zero attached hydrogens (tertiary/aromatic N) is 1. The van der Waals surface area contributed by atoms with Gasteiger partial charge in [-0.15, -0.1) is 0 Å². The number of benzene rings is 1. The van der Waals surface area contributed by atoms with Gasteiger partial charge in [0, 0.05) is 5.69 Å². The number of hydrogen-bond donors (Lipinski definition) is 0. The third-order valence-electron chi connectivity index (χ3n) is 1.80. The van der Waals surface area contributed by atoms with Crippen molar-refractivity contribution in [1.82, 2.24) is 0 Å². The first kappa shape index (κ1) is 9.54. The highest BCUT2D eigenvalue weighted by atomic mass is 28.2. The van der Waals surface area contributed by atoms with Crippen LogP contribution in [0.2, 0.25) is 0 Å². The van der Waals surface area contributed by atoms with Crippen molar-refractivity contribution < 1.29 is 0 Å². The first-order valence-corrected chi connectivity index (χ1v) is 4.84. The molecule has 0 N–H and O–H groups in total. The Morgan fingerprint density at radius 3 is 2.17 bits per heavy atom. The quantitative estimate of drug-likeness (QED) is 0.641. The van der Waals surface area contributed by atoms with E-state index in [1.165, 1.54) is 5.56 Å². The summed E-state index contributed by atoms with van der Waals surface area (Å²) in [5.74, 6) is 0.538. The number of hydrogen-bond acceptors (Lipinski definition) is 1. The number of para-hydroxylation sites is 1. The van der Waals surface area contributed by atoms with E-state index in [9.17, 15) is 0 Å². The first-order valence-electron chi connectivity index (χ1n) is 3.94. The molecule has 0 spiro atoms. The monoisotopic (exact) mass is 189 g/mol. The largest absolute Gasteiger partial charge is 0.429 e. The zero-order valence-electron chi connectivity index (χ0n) is 7.33. The molecule has 0 atom stereocenters. The summed E-state index contributed by atoms with van der Waals surface area (Å²) < 4.78 is 1.77. The lowest BCUT2D eigenvalue weighted by Gasteiger charge is -2.19. The van der Waals surface area contributed by atoms with E-state index in [0.717, 1.165) is 5.69 Å². The van der Waals surface area contributed by atoms with Gasteiger partial charge in [0.05, 0.1) is 0 Å². The molecule has 0 aliphatic heterocycles. The maximum Gasteiger partial charge on any atom is 0.178 e. The van der Waals surface area contributed by atoms with Crippen molar-refractivity contribution in [3.05, 3.63) is 29.8 Å². The first-order chi connectivity index (χ1) is 5.63. The normalized spacial score (nSPS) is 10.4. The Morgan fingerprint density at radius 1 is 1.17 bits per heavy atom. The summed E-state index contributed by atoms with van der Waals surface area (Å²) >= 11 is 0. The molecule has 0 amide bonds. The topological polar surface area (TPSA) is 3.24 Å². The summed E-state index contributed by atoms with van der Waals surface area (Å²) in [6.07, 6.45) is 0. The zero-order valence-corrected chi connectivity index (χ0v) is 9.33. The van der Waals surface area contributed by atoms with Gasteiger partial charge in [0.25, 0.3) is 0 Å². The molecule has 3 heteroatoms. The number of anilines is 1. The molecular weight excluding hydrogens is 178 g/mol. The third kappa shape index (κ3) is 1.98. The maximum atomic E-state index is 3.40. The van der Waals surface area contributed by atoms with Gasteiger partial charge in [-0.2, -0.15) is 0 Å². The van der Waals surface area contributed by atoms with E-state index in [-0.39, 0.29) is 0 Å². The van der Waals surface area contributed by atoms with Gasteiger partial charge in [0.15, 0.2) is 20.8 Å². The highest BCUT2D eigenvalue weighted by Crippen LogP contribution is 2.24. The van der Waals surface area contributed by atoms with E-state index in [2.05, 4.69) is 52.9 Å². The molecule has 1 aromatic carbocycles. The SMILES string of the molecule is CC(C)c1ccccc1N([Si])[Si]. The summed E-state index contributed by atoms with van der Waals surface area (Å²) in [4.78, 5) is 0. The van der Waals surface area contributed by atoms with Crippen LogP contribution in [0.15, 0.2) is 24.3 Å². The van der Waals surface area contributed by atoms with Crippen molar-refractivity contribution in [2.24, 2.45) is 0 Å². The molecule has 1 rings (SSSR count). The van der Waals surface area contributed by atoms with Gasteiger partial charge in [0.1, 0.15) is 0 Å². The average molecular weight is 189 g/mol. The van der Waals surface area contributed by atoms with Crippen LogP contribution in [0.5, 0.6) is 0 Å².